The lowest BCUT2D eigenvalue weighted by Crippen LogP contribution is -2.24. The van der Waals surface area contributed by atoms with Crippen LogP contribution in [0.3, 0.4) is 0 Å². The van der Waals surface area contributed by atoms with Crippen molar-refractivity contribution in [1.29, 1.82) is 0 Å². The second-order valence-electron chi connectivity index (χ2n) is 8.34. The number of unbranched alkanes of at least 4 members (excludes halogenated alkanes) is 15. The fraction of sp³-hybridized carbons (Fsp3) is 0.720. The van der Waals surface area contributed by atoms with Crippen molar-refractivity contribution in [1.82, 2.24) is 5.32 Å². The summed E-state index contributed by atoms with van der Waals surface area (Å²) < 4.78 is 0. The molecular formula is C25H44N2O2. The Hall–Kier alpha value is -1.71. The number of rotatable bonds is 18. The molecule has 0 saturated heterocycles. The number of hydrogen-bond acceptors (Lipinski definition) is 3. The Morgan fingerprint density at radius 2 is 1.24 bits per heavy atom. The molecule has 0 unspecified atom stereocenters. The van der Waals surface area contributed by atoms with E-state index in [1.165, 1.54) is 96.0 Å². The molecule has 0 aliphatic rings. The molecule has 0 heterocycles. The van der Waals surface area contributed by atoms with Crippen LogP contribution >= 0.6 is 0 Å². The zero-order chi connectivity index (χ0) is 21.2. The average molecular weight is 405 g/mol. The summed E-state index contributed by atoms with van der Waals surface area (Å²) in [4.78, 5) is 12.0. The van der Waals surface area contributed by atoms with Gasteiger partial charge in [-0.3, -0.25) is 4.79 Å². The number of carbonyl (C=O) groups excluding carboxylic acids is 1. The van der Waals surface area contributed by atoms with Crippen molar-refractivity contribution in [2.24, 2.45) is 0 Å². The molecule has 1 aromatic carbocycles. The van der Waals surface area contributed by atoms with Gasteiger partial charge in [-0.1, -0.05) is 103 Å². The van der Waals surface area contributed by atoms with Crippen molar-refractivity contribution in [2.75, 3.05) is 12.3 Å². The Bertz CT molecular complexity index is 546. The highest BCUT2D eigenvalue weighted by Gasteiger charge is 2.10. The number of phenols is 1. The Labute approximate surface area is 178 Å². The Kier molecular flexibility index (Phi) is 15.0. The van der Waals surface area contributed by atoms with Gasteiger partial charge in [-0.15, -0.1) is 0 Å². The molecule has 4 heteroatoms. The van der Waals surface area contributed by atoms with Gasteiger partial charge in [0.15, 0.2) is 0 Å². The fourth-order valence-corrected chi connectivity index (χ4v) is 3.71. The summed E-state index contributed by atoms with van der Waals surface area (Å²) in [6.07, 6.45) is 21.5. The third-order valence-electron chi connectivity index (χ3n) is 5.58. The molecule has 29 heavy (non-hydrogen) atoms. The van der Waals surface area contributed by atoms with E-state index in [2.05, 4.69) is 12.2 Å². The van der Waals surface area contributed by atoms with Gasteiger partial charge in [-0.25, -0.2) is 0 Å². The zero-order valence-electron chi connectivity index (χ0n) is 18.7. The lowest BCUT2D eigenvalue weighted by atomic mass is 10.0. The van der Waals surface area contributed by atoms with Gasteiger partial charge in [0.05, 0.1) is 5.56 Å². The van der Waals surface area contributed by atoms with E-state index in [1.54, 1.807) is 12.1 Å². The van der Waals surface area contributed by atoms with E-state index in [9.17, 15) is 9.90 Å². The van der Waals surface area contributed by atoms with Crippen LogP contribution in [-0.2, 0) is 0 Å². The monoisotopic (exact) mass is 404 g/mol. The minimum atomic E-state index is -0.233. The first-order valence-electron chi connectivity index (χ1n) is 12.0. The summed E-state index contributed by atoms with van der Waals surface area (Å²) in [5, 5.41) is 12.6. The summed E-state index contributed by atoms with van der Waals surface area (Å²) in [6, 6.07) is 4.60. The van der Waals surface area contributed by atoms with Crippen LogP contribution in [0.25, 0.3) is 0 Å². The molecule has 0 spiro atoms. The average Bonchev–Trinajstić information content (AvgIpc) is 2.70. The highest BCUT2D eigenvalue weighted by atomic mass is 16.3. The van der Waals surface area contributed by atoms with Crippen LogP contribution in [0.5, 0.6) is 5.75 Å². The molecule has 4 nitrogen and oxygen atoms in total. The Morgan fingerprint density at radius 1 is 0.793 bits per heavy atom. The van der Waals surface area contributed by atoms with Crippen molar-refractivity contribution in [3.8, 4) is 5.75 Å². The topological polar surface area (TPSA) is 75.4 Å². The first-order valence-corrected chi connectivity index (χ1v) is 12.0. The molecule has 0 aliphatic heterocycles. The van der Waals surface area contributed by atoms with Gasteiger partial charge in [0.25, 0.3) is 5.91 Å². The number of anilines is 1. The van der Waals surface area contributed by atoms with E-state index in [4.69, 9.17) is 5.73 Å². The second-order valence-corrected chi connectivity index (χ2v) is 8.34. The number of nitrogen functional groups attached to an aromatic ring is 1. The van der Waals surface area contributed by atoms with Gasteiger partial charge >= 0.3 is 0 Å². The number of phenolic OH excluding ortho intramolecular Hbond substituents is 1. The predicted molar refractivity (Wildman–Crippen MR) is 124 cm³/mol. The van der Waals surface area contributed by atoms with Crippen molar-refractivity contribution < 1.29 is 9.90 Å². The van der Waals surface area contributed by atoms with Crippen LogP contribution in [0.1, 0.15) is 120 Å². The molecule has 0 atom stereocenters. The summed E-state index contributed by atoms with van der Waals surface area (Å²) >= 11 is 0. The molecule has 0 saturated carbocycles. The first-order chi connectivity index (χ1) is 14.1. The molecule has 1 aromatic rings. The zero-order valence-corrected chi connectivity index (χ0v) is 18.7. The lowest BCUT2D eigenvalue weighted by Gasteiger charge is -2.07. The van der Waals surface area contributed by atoms with Crippen LogP contribution in [0.2, 0.25) is 0 Å². The molecule has 1 rings (SSSR count). The van der Waals surface area contributed by atoms with Crippen molar-refractivity contribution in [3.05, 3.63) is 23.8 Å². The van der Waals surface area contributed by atoms with E-state index in [-0.39, 0.29) is 17.2 Å². The Balaban J connectivity index is 1.84. The number of hydrogen-bond donors (Lipinski definition) is 3. The van der Waals surface area contributed by atoms with Gasteiger partial charge in [0.1, 0.15) is 5.75 Å². The minimum Gasteiger partial charge on any atom is -0.507 e. The largest absolute Gasteiger partial charge is 0.507 e. The maximum Gasteiger partial charge on any atom is 0.255 e. The lowest BCUT2D eigenvalue weighted by molar-refractivity contribution is 0.0950. The third kappa shape index (κ3) is 13.2. The quantitative estimate of drug-likeness (QED) is 0.183. The van der Waals surface area contributed by atoms with Crippen LogP contribution in [-0.4, -0.2) is 17.6 Å². The summed E-state index contributed by atoms with van der Waals surface area (Å²) in [5.74, 6) is -0.294. The summed E-state index contributed by atoms with van der Waals surface area (Å²) in [7, 11) is 0. The second kappa shape index (κ2) is 17.2. The van der Waals surface area contributed by atoms with E-state index in [0.717, 1.165) is 12.8 Å². The van der Waals surface area contributed by atoms with Gasteiger partial charge < -0.3 is 16.2 Å². The van der Waals surface area contributed by atoms with E-state index in [1.807, 2.05) is 0 Å². The molecule has 0 aliphatic carbocycles. The predicted octanol–water partition coefficient (Wildman–Crippen LogP) is 6.97. The standard InChI is InChI=1S/C25H44N2O2/c1-2-3-4-5-6-7-8-9-10-11-12-13-14-15-16-17-20-27-25(29)23-19-18-22(26)21-24(23)28/h18-19,21,28H,2-17,20,26H2,1H3,(H,27,29). The number of nitrogens with two attached hydrogens (primary N) is 1. The van der Waals surface area contributed by atoms with Gasteiger partial charge in [-0.2, -0.15) is 0 Å². The summed E-state index contributed by atoms with van der Waals surface area (Å²) in [5.41, 5.74) is 6.32. The Morgan fingerprint density at radius 3 is 1.69 bits per heavy atom. The molecular weight excluding hydrogens is 360 g/mol. The van der Waals surface area contributed by atoms with Gasteiger partial charge in [0, 0.05) is 18.3 Å². The van der Waals surface area contributed by atoms with Gasteiger partial charge in [0.2, 0.25) is 0 Å². The first kappa shape index (κ1) is 25.3. The van der Waals surface area contributed by atoms with Crippen molar-refractivity contribution in [3.63, 3.8) is 0 Å². The number of nitrogens with one attached hydrogen (secondary N) is 1. The minimum absolute atomic E-state index is 0.0607. The van der Waals surface area contributed by atoms with Crippen molar-refractivity contribution >= 4 is 11.6 Å². The van der Waals surface area contributed by atoms with Crippen LogP contribution in [0.4, 0.5) is 5.69 Å². The highest BCUT2D eigenvalue weighted by Crippen LogP contribution is 2.20. The maximum atomic E-state index is 12.0. The van der Waals surface area contributed by atoms with Gasteiger partial charge in [-0.05, 0) is 18.6 Å². The van der Waals surface area contributed by atoms with Crippen LogP contribution in [0, 0.1) is 0 Å². The third-order valence-corrected chi connectivity index (χ3v) is 5.58. The molecule has 0 fully saturated rings. The molecule has 0 radical (unpaired) electrons. The fourth-order valence-electron chi connectivity index (χ4n) is 3.71. The van der Waals surface area contributed by atoms with Crippen LogP contribution in [0.15, 0.2) is 18.2 Å². The highest BCUT2D eigenvalue weighted by molar-refractivity contribution is 5.97. The van der Waals surface area contributed by atoms with E-state index < -0.39 is 0 Å². The maximum absolute atomic E-state index is 12.0. The number of aromatic hydroxyl groups is 1. The normalized spacial score (nSPS) is 10.9. The number of benzene rings is 1. The summed E-state index contributed by atoms with van der Waals surface area (Å²) in [6.45, 7) is 2.93. The van der Waals surface area contributed by atoms with Crippen LogP contribution < -0.4 is 11.1 Å². The molecule has 166 valence electrons. The number of amides is 1. The SMILES string of the molecule is CCCCCCCCCCCCCCCCCCNC(=O)c1ccc(N)cc1O. The molecule has 0 bridgehead atoms. The molecule has 0 aromatic heterocycles. The molecule has 4 N–H and O–H groups in total. The number of carbonyl (C=O) groups is 1. The molecule has 1 amide bonds. The smallest absolute Gasteiger partial charge is 0.255 e. The van der Waals surface area contributed by atoms with E-state index in [0.29, 0.717) is 12.2 Å². The van der Waals surface area contributed by atoms with Crippen molar-refractivity contribution in [2.45, 2.75) is 110 Å². The van der Waals surface area contributed by atoms with E-state index >= 15 is 0 Å².